The summed E-state index contributed by atoms with van der Waals surface area (Å²) in [5, 5.41) is 11.5. The minimum Gasteiger partial charge on any atom is -0.272 e. The Hall–Kier alpha value is -2.70. The van der Waals surface area contributed by atoms with Gasteiger partial charge in [-0.15, -0.1) is 0 Å². The molecule has 1 aromatic carbocycles. The number of carbonyl (C=O) groups excluding carboxylic acids is 1. The van der Waals surface area contributed by atoms with E-state index in [0.29, 0.717) is 15.7 Å². The van der Waals surface area contributed by atoms with Gasteiger partial charge in [0.1, 0.15) is 5.69 Å². The third-order valence-electron chi connectivity index (χ3n) is 3.10. The number of nitrogens with one attached hydrogen (secondary N) is 2. The molecule has 24 heavy (non-hydrogen) atoms. The summed E-state index contributed by atoms with van der Waals surface area (Å²) >= 11 is 11.9. The Morgan fingerprint density at radius 2 is 2.08 bits per heavy atom. The highest BCUT2D eigenvalue weighted by Gasteiger charge is 2.11. The lowest BCUT2D eigenvalue weighted by atomic mass is 10.1. The molecule has 0 unspecified atom stereocenters. The van der Waals surface area contributed by atoms with Gasteiger partial charge in [0, 0.05) is 23.5 Å². The lowest BCUT2D eigenvalue weighted by Gasteiger charge is -1.98. The zero-order valence-electron chi connectivity index (χ0n) is 12.2. The molecule has 0 bridgehead atoms. The maximum atomic E-state index is 12.0. The Morgan fingerprint density at radius 1 is 1.21 bits per heavy atom. The van der Waals surface area contributed by atoms with Crippen molar-refractivity contribution >= 4 is 35.3 Å². The number of amides is 1. The first-order chi connectivity index (χ1) is 11.6. The zero-order chi connectivity index (χ0) is 16.9. The van der Waals surface area contributed by atoms with Crippen LogP contribution in [0.1, 0.15) is 16.1 Å². The quantitative estimate of drug-likeness (QED) is 0.551. The second-order valence-electron chi connectivity index (χ2n) is 4.78. The number of hydrazone groups is 1. The number of carbonyl (C=O) groups is 1. The maximum absolute atomic E-state index is 12.0. The molecule has 2 aromatic heterocycles. The number of nitrogens with zero attached hydrogens (tertiary/aromatic N) is 3. The smallest absolute Gasteiger partial charge is 0.272 e. The van der Waals surface area contributed by atoms with Crippen LogP contribution in [0.2, 0.25) is 10.0 Å². The van der Waals surface area contributed by atoms with E-state index in [4.69, 9.17) is 23.2 Å². The van der Waals surface area contributed by atoms with Gasteiger partial charge in [-0.1, -0.05) is 35.3 Å². The Balaban J connectivity index is 1.69. The van der Waals surface area contributed by atoms with Crippen LogP contribution >= 0.6 is 23.2 Å². The molecule has 3 aromatic rings. The van der Waals surface area contributed by atoms with Crippen LogP contribution in [-0.4, -0.2) is 27.3 Å². The van der Waals surface area contributed by atoms with Crippen molar-refractivity contribution < 1.29 is 4.79 Å². The molecule has 1 amide bonds. The van der Waals surface area contributed by atoms with Crippen molar-refractivity contribution in [3.63, 3.8) is 0 Å². The molecule has 0 aliphatic heterocycles. The van der Waals surface area contributed by atoms with E-state index in [2.05, 4.69) is 25.7 Å². The summed E-state index contributed by atoms with van der Waals surface area (Å²) in [7, 11) is 0. The molecular formula is C16H11Cl2N5O. The van der Waals surface area contributed by atoms with Gasteiger partial charge < -0.3 is 0 Å². The summed E-state index contributed by atoms with van der Waals surface area (Å²) in [4.78, 5) is 16.0. The predicted octanol–water partition coefficient (Wildman–Crippen LogP) is 3.54. The minimum atomic E-state index is -0.408. The van der Waals surface area contributed by atoms with Crippen LogP contribution in [0.15, 0.2) is 53.9 Å². The summed E-state index contributed by atoms with van der Waals surface area (Å²) in [6, 6.07) is 10.3. The highest BCUT2D eigenvalue weighted by atomic mass is 35.5. The molecule has 0 fully saturated rings. The largest absolute Gasteiger partial charge is 0.289 e. The topological polar surface area (TPSA) is 83.0 Å². The Labute approximate surface area is 147 Å². The second kappa shape index (κ2) is 7.25. The van der Waals surface area contributed by atoms with Crippen LogP contribution in [0.25, 0.3) is 11.3 Å². The third-order valence-corrected chi connectivity index (χ3v) is 3.84. The van der Waals surface area contributed by atoms with Crippen LogP contribution in [-0.2, 0) is 0 Å². The fraction of sp³-hybridized carbons (Fsp3) is 0. The number of rotatable bonds is 4. The molecular weight excluding hydrogens is 349 g/mol. The summed E-state index contributed by atoms with van der Waals surface area (Å²) in [6.07, 6.45) is 4.79. The number of pyridine rings is 1. The van der Waals surface area contributed by atoms with Gasteiger partial charge in [0.15, 0.2) is 0 Å². The molecule has 0 saturated heterocycles. The van der Waals surface area contributed by atoms with E-state index in [-0.39, 0.29) is 5.69 Å². The van der Waals surface area contributed by atoms with Crippen LogP contribution in [0.4, 0.5) is 0 Å². The first kappa shape index (κ1) is 16.2. The standard InChI is InChI=1S/C16H11Cl2N5O/c17-12-4-3-11(6-13(12)18)14-7-15(22-21-14)16(24)23-20-9-10-2-1-5-19-8-10/h1-9H,(H,21,22)(H,23,24)/b20-9-. The first-order valence-corrected chi connectivity index (χ1v) is 7.63. The predicted molar refractivity (Wildman–Crippen MR) is 93.3 cm³/mol. The van der Waals surface area contributed by atoms with Crippen LogP contribution in [0.3, 0.4) is 0 Å². The van der Waals surface area contributed by atoms with Crippen molar-refractivity contribution in [1.82, 2.24) is 20.6 Å². The normalized spacial score (nSPS) is 10.9. The highest BCUT2D eigenvalue weighted by Crippen LogP contribution is 2.27. The average Bonchev–Trinajstić information content (AvgIpc) is 3.08. The average molecular weight is 360 g/mol. The van der Waals surface area contributed by atoms with Crippen molar-refractivity contribution in [2.45, 2.75) is 0 Å². The number of aromatic nitrogens is 3. The van der Waals surface area contributed by atoms with E-state index in [1.54, 1.807) is 42.7 Å². The third kappa shape index (κ3) is 3.79. The van der Waals surface area contributed by atoms with Gasteiger partial charge in [0.2, 0.25) is 0 Å². The molecule has 2 N–H and O–H groups in total. The summed E-state index contributed by atoms with van der Waals surface area (Å²) in [5.41, 5.74) is 4.80. The number of halogens is 2. The van der Waals surface area contributed by atoms with E-state index in [9.17, 15) is 4.79 Å². The first-order valence-electron chi connectivity index (χ1n) is 6.88. The van der Waals surface area contributed by atoms with Gasteiger partial charge in [0.05, 0.1) is 22.0 Å². The van der Waals surface area contributed by atoms with Crippen LogP contribution < -0.4 is 5.43 Å². The second-order valence-corrected chi connectivity index (χ2v) is 5.60. The Kier molecular flexibility index (Phi) is 4.88. The maximum Gasteiger partial charge on any atom is 0.289 e. The van der Waals surface area contributed by atoms with E-state index >= 15 is 0 Å². The summed E-state index contributed by atoms with van der Waals surface area (Å²) in [6.45, 7) is 0. The number of hydrogen-bond acceptors (Lipinski definition) is 4. The summed E-state index contributed by atoms with van der Waals surface area (Å²) in [5.74, 6) is -0.408. The van der Waals surface area contributed by atoms with Crippen molar-refractivity contribution in [1.29, 1.82) is 0 Å². The van der Waals surface area contributed by atoms with Crippen LogP contribution in [0, 0.1) is 0 Å². The van der Waals surface area contributed by atoms with Gasteiger partial charge in [-0.05, 0) is 24.3 Å². The fourth-order valence-corrected chi connectivity index (χ4v) is 2.22. The molecule has 0 aliphatic rings. The molecule has 0 radical (unpaired) electrons. The Morgan fingerprint density at radius 3 is 2.83 bits per heavy atom. The molecule has 120 valence electrons. The SMILES string of the molecule is O=C(N/N=C\c1cccnc1)c1cc(-c2ccc(Cl)c(Cl)c2)n[nH]1. The van der Waals surface area contributed by atoms with Gasteiger partial charge >= 0.3 is 0 Å². The van der Waals surface area contributed by atoms with Crippen LogP contribution in [0.5, 0.6) is 0 Å². The highest BCUT2D eigenvalue weighted by molar-refractivity contribution is 6.42. The number of hydrogen-bond donors (Lipinski definition) is 2. The molecule has 0 spiro atoms. The number of H-pyrrole nitrogens is 1. The van der Waals surface area contributed by atoms with Gasteiger partial charge in [0.25, 0.3) is 5.91 Å². The van der Waals surface area contributed by atoms with Crippen molar-refractivity contribution in [3.8, 4) is 11.3 Å². The van der Waals surface area contributed by atoms with Gasteiger partial charge in [-0.2, -0.15) is 10.2 Å². The molecule has 0 aliphatic carbocycles. The molecule has 8 heteroatoms. The molecule has 2 heterocycles. The van der Waals surface area contributed by atoms with Gasteiger partial charge in [-0.3, -0.25) is 14.9 Å². The monoisotopic (exact) mass is 359 g/mol. The van der Waals surface area contributed by atoms with E-state index in [1.165, 1.54) is 6.21 Å². The zero-order valence-corrected chi connectivity index (χ0v) is 13.7. The molecule has 0 atom stereocenters. The molecule has 0 saturated carbocycles. The van der Waals surface area contributed by atoms with E-state index < -0.39 is 5.91 Å². The van der Waals surface area contributed by atoms with Gasteiger partial charge in [-0.25, -0.2) is 5.43 Å². The van der Waals surface area contributed by atoms with E-state index in [0.717, 1.165) is 11.1 Å². The lowest BCUT2D eigenvalue weighted by molar-refractivity contribution is 0.0950. The molecule has 6 nitrogen and oxygen atoms in total. The van der Waals surface area contributed by atoms with Crippen molar-refractivity contribution in [2.75, 3.05) is 0 Å². The van der Waals surface area contributed by atoms with Crippen molar-refractivity contribution in [2.24, 2.45) is 5.10 Å². The van der Waals surface area contributed by atoms with Crippen molar-refractivity contribution in [3.05, 3.63) is 70.1 Å². The lowest BCUT2D eigenvalue weighted by Crippen LogP contribution is -2.18. The fourth-order valence-electron chi connectivity index (χ4n) is 1.92. The summed E-state index contributed by atoms with van der Waals surface area (Å²) < 4.78 is 0. The number of aromatic amines is 1. The Bertz CT molecular complexity index is 892. The molecule has 3 rings (SSSR count). The number of benzene rings is 1. The minimum absolute atomic E-state index is 0.277. The van der Waals surface area contributed by atoms with E-state index in [1.807, 2.05) is 6.07 Å².